The van der Waals surface area contributed by atoms with E-state index in [0.29, 0.717) is 16.4 Å². The van der Waals surface area contributed by atoms with Crippen molar-refractivity contribution in [3.63, 3.8) is 0 Å². The van der Waals surface area contributed by atoms with Crippen LogP contribution in [0.1, 0.15) is 0 Å². The molecule has 2 amide bonds. The number of alkyl halides is 2. The van der Waals surface area contributed by atoms with E-state index in [1.54, 1.807) is 30.3 Å². The summed E-state index contributed by atoms with van der Waals surface area (Å²) in [5, 5.41) is 5.64. The fourth-order valence-electron chi connectivity index (χ4n) is 1.58. The summed E-state index contributed by atoms with van der Waals surface area (Å²) >= 11 is 5.73. The van der Waals surface area contributed by atoms with Gasteiger partial charge in [-0.15, -0.1) is 0 Å². The second-order valence-corrected chi connectivity index (χ2v) is 4.43. The molecule has 2 aromatic carbocycles. The average molecular weight is 313 g/mol. The molecule has 21 heavy (non-hydrogen) atoms. The van der Waals surface area contributed by atoms with Crippen LogP contribution in [0.4, 0.5) is 25.0 Å². The maximum absolute atomic E-state index is 12.1. The number of ether oxygens (including phenoxy) is 1. The summed E-state index contributed by atoms with van der Waals surface area (Å²) in [5.41, 5.74) is 0.886. The van der Waals surface area contributed by atoms with Crippen molar-refractivity contribution in [2.75, 3.05) is 10.6 Å². The largest absolute Gasteiger partial charge is 0.435 e. The van der Waals surface area contributed by atoms with Crippen molar-refractivity contribution in [1.29, 1.82) is 0 Å². The normalized spacial score (nSPS) is 10.3. The van der Waals surface area contributed by atoms with Gasteiger partial charge in [-0.25, -0.2) is 4.79 Å². The van der Waals surface area contributed by atoms with E-state index < -0.39 is 12.6 Å². The van der Waals surface area contributed by atoms with Gasteiger partial charge in [0.1, 0.15) is 5.75 Å². The summed E-state index contributed by atoms with van der Waals surface area (Å²) in [6.45, 7) is -2.91. The maximum atomic E-state index is 12.1. The molecule has 0 fully saturated rings. The fourth-order valence-corrected chi connectivity index (χ4v) is 1.70. The number of halogens is 3. The van der Waals surface area contributed by atoms with Crippen LogP contribution in [0.25, 0.3) is 0 Å². The van der Waals surface area contributed by atoms with Crippen LogP contribution >= 0.6 is 11.6 Å². The molecular formula is C14H11ClF2N2O2. The predicted molar refractivity (Wildman–Crippen MR) is 77.2 cm³/mol. The summed E-state index contributed by atoms with van der Waals surface area (Å²) < 4.78 is 28.5. The van der Waals surface area contributed by atoms with E-state index in [-0.39, 0.29) is 5.75 Å². The molecule has 0 saturated carbocycles. The van der Waals surface area contributed by atoms with Crippen molar-refractivity contribution in [2.45, 2.75) is 6.61 Å². The zero-order valence-electron chi connectivity index (χ0n) is 10.6. The molecule has 110 valence electrons. The van der Waals surface area contributed by atoms with Crippen molar-refractivity contribution in [3.8, 4) is 5.75 Å². The Balaban J connectivity index is 1.97. The van der Waals surface area contributed by atoms with Crippen molar-refractivity contribution in [3.05, 3.63) is 53.6 Å². The maximum Gasteiger partial charge on any atom is 0.387 e. The SMILES string of the molecule is O=C(Nc1ccc(Cl)cc1)Nc1cccc(OC(F)F)c1. The lowest BCUT2D eigenvalue weighted by atomic mass is 10.3. The van der Waals surface area contributed by atoms with Gasteiger partial charge < -0.3 is 15.4 Å². The minimum Gasteiger partial charge on any atom is -0.435 e. The monoisotopic (exact) mass is 312 g/mol. The lowest BCUT2D eigenvalue weighted by Crippen LogP contribution is -2.19. The lowest BCUT2D eigenvalue weighted by molar-refractivity contribution is -0.0497. The first-order valence-electron chi connectivity index (χ1n) is 5.91. The van der Waals surface area contributed by atoms with Gasteiger partial charge in [-0.3, -0.25) is 0 Å². The molecule has 0 aromatic heterocycles. The first kappa shape index (κ1) is 15.1. The third kappa shape index (κ3) is 4.92. The Labute approximate surface area is 124 Å². The smallest absolute Gasteiger partial charge is 0.387 e. The van der Waals surface area contributed by atoms with Gasteiger partial charge in [0, 0.05) is 22.5 Å². The van der Waals surface area contributed by atoms with Crippen molar-refractivity contribution in [2.24, 2.45) is 0 Å². The molecular weight excluding hydrogens is 302 g/mol. The van der Waals surface area contributed by atoms with Crippen LogP contribution in [0, 0.1) is 0 Å². The van der Waals surface area contributed by atoms with Gasteiger partial charge in [-0.05, 0) is 36.4 Å². The predicted octanol–water partition coefficient (Wildman–Crippen LogP) is 4.59. The number of benzene rings is 2. The van der Waals surface area contributed by atoms with Gasteiger partial charge in [-0.1, -0.05) is 17.7 Å². The third-order valence-electron chi connectivity index (χ3n) is 2.42. The molecule has 2 N–H and O–H groups in total. The van der Waals surface area contributed by atoms with Crippen molar-refractivity contribution >= 4 is 29.0 Å². The van der Waals surface area contributed by atoms with Gasteiger partial charge in [-0.2, -0.15) is 8.78 Å². The molecule has 0 heterocycles. The number of hydrogen-bond donors (Lipinski definition) is 2. The summed E-state index contributed by atoms with van der Waals surface area (Å²) in [6.07, 6.45) is 0. The van der Waals surface area contributed by atoms with E-state index in [9.17, 15) is 13.6 Å². The number of amides is 2. The second-order valence-electron chi connectivity index (χ2n) is 3.99. The number of nitrogens with one attached hydrogen (secondary N) is 2. The van der Waals surface area contributed by atoms with Gasteiger partial charge in [0.2, 0.25) is 0 Å². The van der Waals surface area contributed by atoms with Crippen LogP contribution in [0.2, 0.25) is 5.02 Å². The van der Waals surface area contributed by atoms with Gasteiger partial charge in [0.15, 0.2) is 0 Å². The fraction of sp³-hybridized carbons (Fsp3) is 0.0714. The minimum atomic E-state index is -2.91. The Morgan fingerprint density at radius 3 is 2.38 bits per heavy atom. The molecule has 4 nitrogen and oxygen atoms in total. The molecule has 2 rings (SSSR count). The van der Waals surface area contributed by atoms with Crippen LogP contribution in [0.3, 0.4) is 0 Å². The Hall–Kier alpha value is -2.34. The highest BCUT2D eigenvalue weighted by atomic mass is 35.5. The van der Waals surface area contributed by atoms with E-state index in [1.165, 1.54) is 18.2 Å². The third-order valence-corrected chi connectivity index (χ3v) is 2.67. The molecule has 0 aliphatic heterocycles. The number of anilines is 2. The van der Waals surface area contributed by atoms with E-state index in [1.807, 2.05) is 0 Å². The summed E-state index contributed by atoms with van der Waals surface area (Å²) in [5.74, 6) is -0.0331. The van der Waals surface area contributed by atoms with Crippen LogP contribution in [-0.2, 0) is 0 Å². The summed E-state index contributed by atoms with van der Waals surface area (Å²) in [6, 6.07) is 11.8. The van der Waals surface area contributed by atoms with Crippen LogP contribution in [-0.4, -0.2) is 12.6 Å². The van der Waals surface area contributed by atoms with Crippen LogP contribution in [0.15, 0.2) is 48.5 Å². The number of carbonyl (C=O) groups is 1. The number of urea groups is 1. The molecule has 7 heteroatoms. The van der Waals surface area contributed by atoms with Crippen LogP contribution in [0.5, 0.6) is 5.75 Å². The molecule has 0 unspecified atom stereocenters. The van der Waals surface area contributed by atoms with Gasteiger partial charge in [0.05, 0.1) is 0 Å². The standard InChI is InChI=1S/C14H11ClF2N2O2/c15-9-4-6-10(7-5-9)18-14(20)19-11-2-1-3-12(8-11)21-13(16)17/h1-8,13H,(H2,18,19,20). The molecule has 0 radical (unpaired) electrons. The van der Waals surface area contributed by atoms with Crippen LogP contribution < -0.4 is 15.4 Å². The van der Waals surface area contributed by atoms with E-state index in [4.69, 9.17) is 11.6 Å². The first-order valence-corrected chi connectivity index (χ1v) is 6.29. The number of carbonyl (C=O) groups excluding carboxylic acids is 1. The highest BCUT2D eigenvalue weighted by molar-refractivity contribution is 6.30. The van der Waals surface area contributed by atoms with Gasteiger partial charge >= 0.3 is 12.6 Å². The van der Waals surface area contributed by atoms with Crippen molar-refractivity contribution in [1.82, 2.24) is 0 Å². The molecule has 2 aromatic rings. The molecule has 0 aliphatic carbocycles. The molecule has 0 aliphatic rings. The molecule has 0 spiro atoms. The molecule has 0 atom stereocenters. The number of hydrogen-bond acceptors (Lipinski definition) is 2. The Morgan fingerprint density at radius 1 is 1.05 bits per heavy atom. The van der Waals surface area contributed by atoms with E-state index in [0.717, 1.165) is 0 Å². The zero-order chi connectivity index (χ0) is 15.2. The topological polar surface area (TPSA) is 50.4 Å². The summed E-state index contributed by atoms with van der Waals surface area (Å²) in [7, 11) is 0. The second kappa shape index (κ2) is 6.90. The van der Waals surface area contributed by atoms with E-state index >= 15 is 0 Å². The van der Waals surface area contributed by atoms with Crippen molar-refractivity contribution < 1.29 is 18.3 Å². The Morgan fingerprint density at radius 2 is 1.71 bits per heavy atom. The number of rotatable bonds is 4. The average Bonchev–Trinajstić information content (AvgIpc) is 2.41. The minimum absolute atomic E-state index is 0.0331. The Bertz CT molecular complexity index is 621. The van der Waals surface area contributed by atoms with Gasteiger partial charge in [0.25, 0.3) is 0 Å². The first-order chi connectivity index (χ1) is 10.0. The quantitative estimate of drug-likeness (QED) is 0.867. The van der Waals surface area contributed by atoms with E-state index in [2.05, 4.69) is 15.4 Å². The Kier molecular flexibility index (Phi) is 4.94. The molecule has 0 bridgehead atoms. The summed E-state index contributed by atoms with van der Waals surface area (Å²) in [4.78, 5) is 11.8. The zero-order valence-corrected chi connectivity index (χ0v) is 11.4. The highest BCUT2D eigenvalue weighted by Crippen LogP contribution is 2.20. The molecule has 0 saturated heterocycles. The lowest BCUT2D eigenvalue weighted by Gasteiger charge is -2.09. The highest BCUT2D eigenvalue weighted by Gasteiger charge is 2.07.